The lowest BCUT2D eigenvalue weighted by atomic mass is 10.7. The molecule has 0 N–H and O–H groups in total. The van der Waals surface area contributed by atoms with E-state index >= 15 is 0 Å². The lowest BCUT2D eigenvalue weighted by molar-refractivity contribution is 0.599. The van der Waals surface area contributed by atoms with Gasteiger partial charge in [-0.3, -0.25) is 0 Å². The summed E-state index contributed by atoms with van der Waals surface area (Å²) in [6, 6.07) is 1.62. The van der Waals surface area contributed by atoms with Gasteiger partial charge in [-0.25, -0.2) is 4.21 Å². The highest BCUT2D eigenvalue weighted by molar-refractivity contribution is 9.10. The van der Waals surface area contributed by atoms with Crippen LogP contribution < -0.4 is 0 Å². The van der Waals surface area contributed by atoms with Gasteiger partial charge in [0.1, 0.15) is 0 Å². The zero-order chi connectivity index (χ0) is 11.7. The zero-order valence-corrected chi connectivity index (χ0v) is 12.2. The Bertz CT molecular complexity index is 566. The SMILES string of the molecule is CCS(C)(=O)=NS(=O)(=O)c1sccc1Br. The molecule has 1 atom stereocenters. The van der Waals surface area contributed by atoms with Crippen LogP contribution in [0.3, 0.4) is 0 Å². The maximum absolute atomic E-state index is 11.7. The van der Waals surface area contributed by atoms with Crippen LogP contribution in [0, 0.1) is 0 Å². The van der Waals surface area contributed by atoms with Crippen LogP contribution in [0.5, 0.6) is 0 Å². The Labute approximate surface area is 102 Å². The van der Waals surface area contributed by atoms with Crippen molar-refractivity contribution in [3.8, 4) is 0 Å². The second-order valence-corrected chi connectivity index (χ2v) is 9.33. The van der Waals surface area contributed by atoms with Gasteiger partial charge in [0.2, 0.25) is 0 Å². The van der Waals surface area contributed by atoms with Gasteiger partial charge in [-0.2, -0.15) is 8.42 Å². The number of thiophene rings is 1. The monoisotopic (exact) mass is 331 g/mol. The molecule has 0 amide bonds. The number of sulfonamides is 1. The highest BCUT2D eigenvalue weighted by atomic mass is 79.9. The summed E-state index contributed by atoms with van der Waals surface area (Å²) < 4.78 is 39.1. The quantitative estimate of drug-likeness (QED) is 0.853. The predicted molar refractivity (Wildman–Crippen MR) is 66.2 cm³/mol. The van der Waals surface area contributed by atoms with Gasteiger partial charge in [0.05, 0.1) is 9.73 Å². The lowest BCUT2D eigenvalue weighted by Gasteiger charge is -2.00. The summed E-state index contributed by atoms with van der Waals surface area (Å²) in [5, 5.41) is 1.63. The fraction of sp³-hybridized carbons (Fsp3) is 0.429. The van der Waals surface area contributed by atoms with E-state index in [2.05, 4.69) is 19.7 Å². The number of rotatable bonds is 3. The Morgan fingerprint density at radius 2 is 2.07 bits per heavy atom. The van der Waals surface area contributed by atoms with E-state index in [0.29, 0.717) is 4.47 Å². The molecule has 0 aromatic carbocycles. The molecule has 0 aliphatic rings. The summed E-state index contributed by atoms with van der Waals surface area (Å²) in [6.45, 7) is 1.64. The van der Waals surface area contributed by atoms with Gasteiger partial charge in [-0.05, 0) is 27.4 Å². The molecule has 1 heterocycles. The third-order valence-electron chi connectivity index (χ3n) is 1.61. The average molecular weight is 332 g/mol. The van der Waals surface area contributed by atoms with Crippen molar-refractivity contribution < 1.29 is 12.6 Å². The van der Waals surface area contributed by atoms with Crippen LogP contribution in [0.2, 0.25) is 0 Å². The largest absolute Gasteiger partial charge is 0.300 e. The summed E-state index contributed by atoms with van der Waals surface area (Å²) in [7, 11) is -6.44. The van der Waals surface area contributed by atoms with E-state index in [4.69, 9.17) is 0 Å². The van der Waals surface area contributed by atoms with Crippen LogP contribution in [0.25, 0.3) is 0 Å². The molecule has 1 unspecified atom stereocenters. The fourth-order valence-electron chi connectivity index (χ4n) is 0.758. The third kappa shape index (κ3) is 3.27. The number of nitrogens with zero attached hydrogens (tertiary/aromatic N) is 1. The summed E-state index contributed by atoms with van der Waals surface area (Å²) in [4.78, 5) is 0. The van der Waals surface area contributed by atoms with Gasteiger partial charge in [0, 0.05) is 16.5 Å². The highest BCUT2D eigenvalue weighted by Gasteiger charge is 2.20. The number of halogens is 1. The van der Waals surface area contributed by atoms with Crippen molar-refractivity contribution in [2.75, 3.05) is 12.0 Å². The minimum atomic E-state index is -3.80. The van der Waals surface area contributed by atoms with E-state index in [-0.39, 0.29) is 9.96 Å². The summed E-state index contributed by atoms with van der Waals surface area (Å²) in [5.41, 5.74) is 0. The summed E-state index contributed by atoms with van der Waals surface area (Å²) in [6.07, 6.45) is 1.34. The van der Waals surface area contributed by atoms with Crippen LogP contribution in [0.15, 0.2) is 23.9 Å². The van der Waals surface area contributed by atoms with Crippen molar-refractivity contribution >= 4 is 47.0 Å². The second-order valence-electron chi connectivity index (χ2n) is 2.85. The molecule has 0 saturated heterocycles. The topological polar surface area (TPSA) is 63.6 Å². The van der Waals surface area contributed by atoms with Gasteiger partial charge in [-0.1, -0.05) is 6.92 Å². The van der Waals surface area contributed by atoms with Crippen molar-refractivity contribution in [3.63, 3.8) is 0 Å². The van der Waals surface area contributed by atoms with E-state index in [9.17, 15) is 12.6 Å². The van der Waals surface area contributed by atoms with Crippen molar-refractivity contribution in [1.29, 1.82) is 0 Å². The molecule has 86 valence electrons. The third-order valence-corrected chi connectivity index (χ3v) is 8.23. The molecule has 0 aliphatic carbocycles. The predicted octanol–water partition coefficient (Wildman–Crippen LogP) is 2.32. The van der Waals surface area contributed by atoms with Gasteiger partial charge in [0.15, 0.2) is 4.21 Å². The first-order valence-corrected chi connectivity index (χ1v) is 9.18. The van der Waals surface area contributed by atoms with Crippen molar-refractivity contribution in [2.45, 2.75) is 11.1 Å². The van der Waals surface area contributed by atoms with Crippen LogP contribution in [-0.2, 0) is 19.8 Å². The molecule has 4 nitrogen and oxygen atoms in total. The minimum Gasteiger partial charge on any atom is -0.249 e. The molecule has 0 saturated carbocycles. The molecule has 0 aliphatic heterocycles. The maximum atomic E-state index is 11.7. The molecule has 0 radical (unpaired) electrons. The Morgan fingerprint density at radius 1 is 1.47 bits per heavy atom. The standard InChI is InChI=1S/C7H10BrNO3S3/c1-3-14(2,10)9-15(11,12)7-6(8)4-5-13-7/h4-5H,3H2,1-2H3. The van der Waals surface area contributed by atoms with Gasteiger partial charge >= 0.3 is 10.0 Å². The van der Waals surface area contributed by atoms with E-state index in [1.165, 1.54) is 6.26 Å². The second kappa shape index (κ2) is 4.52. The van der Waals surface area contributed by atoms with Crippen LogP contribution in [0.4, 0.5) is 0 Å². The Morgan fingerprint density at radius 3 is 2.47 bits per heavy atom. The van der Waals surface area contributed by atoms with Gasteiger partial charge in [-0.15, -0.1) is 15.1 Å². The normalized spacial score (nSPS) is 15.9. The molecule has 1 rings (SSSR count). The van der Waals surface area contributed by atoms with Crippen LogP contribution >= 0.6 is 27.3 Å². The van der Waals surface area contributed by atoms with Crippen LogP contribution in [0.1, 0.15) is 6.92 Å². The van der Waals surface area contributed by atoms with Gasteiger partial charge < -0.3 is 0 Å². The Hall–Kier alpha value is 0.0800. The van der Waals surface area contributed by atoms with Crippen molar-refractivity contribution in [3.05, 3.63) is 15.9 Å². The minimum absolute atomic E-state index is 0.102. The first kappa shape index (κ1) is 13.1. The first-order chi connectivity index (χ1) is 6.78. The van der Waals surface area contributed by atoms with E-state index in [1.807, 2.05) is 0 Å². The molecule has 0 bridgehead atoms. The molecule has 0 fully saturated rings. The average Bonchev–Trinajstić information content (AvgIpc) is 2.50. The molecule has 0 spiro atoms. The van der Waals surface area contributed by atoms with E-state index in [0.717, 1.165) is 11.3 Å². The maximum Gasteiger partial charge on any atom is 0.300 e. The Kier molecular flexibility index (Phi) is 3.96. The smallest absolute Gasteiger partial charge is 0.249 e. The Balaban J connectivity index is 3.35. The van der Waals surface area contributed by atoms with Crippen molar-refractivity contribution in [1.82, 2.24) is 0 Å². The molecular weight excluding hydrogens is 322 g/mol. The highest BCUT2D eigenvalue weighted by Crippen LogP contribution is 2.29. The van der Waals surface area contributed by atoms with Crippen LogP contribution in [-0.4, -0.2) is 24.6 Å². The molecular formula is C7H10BrNO3S3. The summed E-state index contributed by atoms with van der Waals surface area (Å²) in [5.74, 6) is 0.217. The molecule has 8 heteroatoms. The zero-order valence-electron chi connectivity index (χ0n) is 8.14. The molecule has 15 heavy (non-hydrogen) atoms. The van der Waals surface area contributed by atoms with Gasteiger partial charge in [0.25, 0.3) is 0 Å². The fourth-order valence-corrected chi connectivity index (χ4v) is 6.06. The number of hydrogen-bond acceptors (Lipinski definition) is 4. The molecule has 1 aromatic rings. The first-order valence-electron chi connectivity index (χ1n) is 3.97. The van der Waals surface area contributed by atoms with E-state index < -0.39 is 19.8 Å². The van der Waals surface area contributed by atoms with E-state index in [1.54, 1.807) is 18.4 Å². The summed E-state index contributed by atoms with van der Waals surface area (Å²) >= 11 is 4.16. The van der Waals surface area contributed by atoms with Crippen molar-refractivity contribution in [2.24, 2.45) is 3.77 Å². The lowest BCUT2D eigenvalue weighted by Crippen LogP contribution is -2.05. The molecule has 1 aromatic heterocycles. The number of hydrogen-bond donors (Lipinski definition) is 0.